The summed E-state index contributed by atoms with van der Waals surface area (Å²) >= 11 is 0. The van der Waals surface area contributed by atoms with Gasteiger partial charge in [0.2, 0.25) is 0 Å². The van der Waals surface area contributed by atoms with Gasteiger partial charge in [0.25, 0.3) is 0 Å². The number of hydrogen-bond donors (Lipinski definition) is 0. The Balaban J connectivity index is 2.33. The fourth-order valence-corrected chi connectivity index (χ4v) is 1.87. The van der Waals surface area contributed by atoms with Gasteiger partial charge in [-0.3, -0.25) is 4.90 Å². The summed E-state index contributed by atoms with van der Waals surface area (Å²) in [5.74, 6) is 0.847. The average molecular weight is 127 g/mol. The van der Waals surface area contributed by atoms with Crippen molar-refractivity contribution < 1.29 is 0 Å². The molecule has 1 fully saturated rings. The first-order valence-corrected chi connectivity index (χ1v) is 3.94. The van der Waals surface area contributed by atoms with Crippen LogP contribution in [0.25, 0.3) is 0 Å². The second-order valence-corrected chi connectivity index (χ2v) is 3.31. The van der Waals surface area contributed by atoms with E-state index in [0.717, 1.165) is 18.0 Å². The Morgan fingerprint density at radius 1 is 1.44 bits per heavy atom. The summed E-state index contributed by atoms with van der Waals surface area (Å²) < 4.78 is 0. The van der Waals surface area contributed by atoms with Crippen molar-refractivity contribution in [3.63, 3.8) is 0 Å². The minimum atomic E-state index is 0.847. The maximum atomic E-state index is 2.53. The highest BCUT2D eigenvalue weighted by molar-refractivity contribution is 4.99. The lowest BCUT2D eigenvalue weighted by molar-refractivity contribution is 0.457. The van der Waals surface area contributed by atoms with Gasteiger partial charge in [-0.05, 0) is 19.4 Å². The summed E-state index contributed by atoms with van der Waals surface area (Å²) in [7, 11) is 0. The Morgan fingerprint density at radius 3 is 2.11 bits per heavy atom. The molecule has 0 amide bonds. The van der Waals surface area contributed by atoms with Crippen LogP contribution in [0.3, 0.4) is 0 Å². The second-order valence-electron chi connectivity index (χ2n) is 3.31. The molecule has 1 heterocycles. The summed E-state index contributed by atoms with van der Waals surface area (Å²) in [6.07, 6.45) is 0. The number of hydrogen-bond acceptors (Lipinski definition) is 1. The van der Waals surface area contributed by atoms with Crippen molar-refractivity contribution in [2.24, 2.45) is 5.92 Å². The van der Waals surface area contributed by atoms with Gasteiger partial charge in [0.1, 0.15) is 0 Å². The molecule has 0 bridgehead atoms. The lowest BCUT2D eigenvalue weighted by Gasteiger charge is -2.00. The van der Waals surface area contributed by atoms with E-state index in [4.69, 9.17) is 0 Å². The molecule has 0 aromatic carbocycles. The largest absolute Gasteiger partial charge is 0.295 e. The van der Waals surface area contributed by atoms with E-state index in [-0.39, 0.29) is 0 Å². The molecule has 3 unspecified atom stereocenters. The summed E-state index contributed by atoms with van der Waals surface area (Å²) in [6.45, 7) is 10.4. The topological polar surface area (TPSA) is 3.01 Å². The predicted molar refractivity (Wildman–Crippen MR) is 40.5 cm³/mol. The van der Waals surface area contributed by atoms with E-state index in [2.05, 4.69) is 32.6 Å². The van der Waals surface area contributed by atoms with Crippen molar-refractivity contribution in [2.45, 2.75) is 39.8 Å². The third kappa shape index (κ3) is 1.11. The van der Waals surface area contributed by atoms with Gasteiger partial charge < -0.3 is 0 Å². The maximum absolute atomic E-state index is 2.53. The summed E-state index contributed by atoms with van der Waals surface area (Å²) in [5, 5.41) is 0. The van der Waals surface area contributed by atoms with E-state index >= 15 is 0 Å². The number of likely N-dealkylation sites (N-methyl/N-ethyl adjacent to an activating group) is 1. The molecule has 0 saturated carbocycles. The van der Waals surface area contributed by atoms with Gasteiger partial charge in [-0.15, -0.1) is 0 Å². The highest BCUT2D eigenvalue weighted by atomic mass is 15.3. The van der Waals surface area contributed by atoms with Gasteiger partial charge in [0.05, 0.1) is 0 Å². The van der Waals surface area contributed by atoms with E-state index in [1.807, 2.05) is 0 Å². The summed E-state index contributed by atoms with van der Waals surface area (Å²) in [4.78, 5) is 2.53. The lowest BCUT2D eigenvalue weighted by Crippen LogP contribution is -2.06. The molecule has 9 heavy (non-hydrogen) atoms. The Labute approximate surface area is 58.0 Å². The molecule has 54 valence electrons. The third-order valence-electron chi connectivity index (χ3n) is 2.36. The fraction of sp³-hybridized carbons (Fsp3) is 1.00. The van der Waals surface area contributed by atoms with E-state index in [9.17, 15) is 0 Å². The number of nitrogens with zero attached hydrogens (tertiary/aromatic N) is 1. The van der Waals surface area contributed by atoms with Crippen LogP contribution in [0.5, 0.6) is 0 Å². The zero-order valence-electron chi connectivity index (χ0n) is 6.89. The summed E-state index contributed by atoms with van der Waals surface area (Å²) in [5.41, 5.74) is 0. The molecular formula is C8H17N. The molecule has 1 aliphatic heterocycles. The number of rotatable bonds is 2. The molecule has 1 saturated heterocycles. The van der Waals surface area contributed by atoms with Crippen LogP contribution in [-0.4, -0.2) is 23.5 Å². The van der Waals surface area contributed by atoms with Crippen LogP contribution < -0.4 is 0 Å². The second kappa shape index (κ2) is 2.30. The van der Waals surface area contributed by atoms with Crippen LogP contribution in [0.15, 0.2) is 0 Å². The van der Waals surface area contributed by atoms with Crippen LogP contribution in [0.4, 0.5) is 0 Å². The summed E-state index contributed by atoms with van der Waals surface area (Å²) in [6, 6.07) is 1.74. The highest BCUT2D eigenvalue weighted by Gasteiger charge is 2.43. The van der Waals surface area contributed by atoms with Gasteiger partial charge in [-0.1, -0.05) is 20.8 Å². The molecule has 3 atom stereocenters. The van der Waals surface area contributed by atoms with Crippen LogP contribution in [0.1, 0.15) is 27.7 Å². The standard InChI is InChI=1S/C8H17N/c1-5-9-7(4)8(9)6(2)3/h6-8H,5H2,1-4H3. The first-order chi connectivity index (χ1) is 4.18. The van der Waals surface area contributed by atoms with Crippen LogP contribution in [0.2, 0.25) is 0 Å². The zero-order chi connectivity index (χ0) is 7.02. The molecule has 0 radical (unpaired) electrons. The first kappa shape index (κ1) is 7.07. The van der Waals surface area contributed by atoms with Crippen molar-refractivity contribution in [1.29, 1.82) is 0 Å². The zero-order valence-corrected chi connectivity index (χ0v) is 6.89. The smallest absolute Gasteiger partial charge is 0.0275 e. The van der Waals surface area contributed by atoms with E-state index in [0.29, 0.717) is 0 Å². The fourth-order valence-electron chi connectivity index (χ4n) is 1.87. The average Bonchev–Trinajstić information content (AvgIpc) is 2.40. The Bertz CT molecular complexity index is 98.7. The molecule has 1 aliphatic rings. The molecular weight excluding hydrogens is 110 g/mol. The van der Waals surface area contributed by atoms with Crippen LogP contribution in [-0.2, 0) is 0 Å². The minimum absolute atomic E-state index is 0.847. The monoisotopic (exact) mass is 127 g/mol. The minimum Gasteiger partial charge on any atom is -0.295 e. The molecule has 0 aliphatic carbocycles. The maximum Gasteiger partial charge on any atom is 0.0275 e. The van der Waals surface area contributed by atoms with Crippen molar-refractivity contribution in [3.05, 3.63) is 0 Å². The SMILES string of the molecule is CCN1C(C)C1C(C)C. The van der Waals surface area contributed by atoms with Gasteiger partial charge in [0, 0.05) is 12.1 Å². The normalized spacial score (nSPS) is 41.7. The Kier molecular flexibility index (Phi) is 1.80. The first-order valence-electron chi connectivity index (χ1n) is 3.94. The molecule has 1 heteroatoms. The van der Waals surface area contributed by atoms with Gasteiger partial charge in [0.15, 0.2) is 0 Å². The van der Waals surface area contributed by atoms with Crippen LogP contribution in [0, 0.1) is 5.92 Å². The van der Waals surface area contributed by atoms with E-state index in [1.54, 1.807) is 0 Å². The van der Waals surface area contributed by atoms with Gasteiger partial charge >= 0.3 is 0 Å². The van der Waals surface area contributed by atoms with Crippen LogP contribution >= 0.6 is 0 Å². The Morgan fingerprint density at radius 2 is 2.00 bits per heavy atom. The quantitative estimate of drug-likeness (QED) is 0.510. The molecule has 0 aromatic heterocycles. The van der Waals surface area contributed by atoms with E-state index < -0.39 is 0 Å². The molecule has 0 N–H and O–H groups in total. The lowest BCUT2D eigenvalue weighted by atomic mass is 10.1. The Hall–Kier alpha value is -0.0400. The van der Waals surface area contributed by atoms with Crippen molar-refractivity contribution in [2.75, 3.05) is 6.54 Å². The molecule has 0 aromatic rings. The van der Waals surface area contributed by atoms with Crippen molar-refractivity contribution in [3.8, 4) is 0 Å². The van der Waals surface area contributed by atoms with Gasteiger partial charge in [-0.25, -0.2) is 0 Å². The highest BCUT2D eigenvalue weighted by Crippen LogP contribution is 2.32. The predicted octanol–water partition coefficient (Wildman–Crippen LogP) is 1.74. The third-order valence-corrected chi connectivity index (χ3v) is 2.36. The molecule has 0 spiro atoms. The molecule has 1 rings (SSSR count). The van der Waals surface area contributed by atoms with Crippen molar-refractivity contribution in [1.82, 2.24) is 4.90 Å². The molecule has 1 nitrogen and oxygen atoms in total. The van der Waals surface area contributed by atoms with Gasteiger partial charge in [-0.2, -0.15) is 0 Å². The van der Waals surface area contributed by atoms with Crippen molar-refractivity contribution >= 4 is 0 Å². The van der Waals surface area contributed by atoms with E-state index in [1.165, 1.54) is 6.54 Å².